The molecule has 22 heavy (non-hydrogen) atoms. The van der Waals surface area contributed by atoms with Crippen molar-refractivity contribution in [3.8, 4) is 5.75 Å². The monoisotopic (exact) mass is 318 g/mol. The minimum atomic E-state index is -0.868. The first-order chi connectivity index (χ1) is 10.5. The number of aliphatic carboxylic acids is 1. The molecule has 2 rings (SSSR count). The normalized spacial score (nSPS) is 12.0. The lowest BCUT2D eigenvalue weighted by Gasteiger charge is -2.16. The molecule has 0 fully saturated rings. The van der Waals surface area contributed by atoms with E-state index < -0.39 is 11.9 Å². The molecule has 0 radical (unpaired) electrons. The number of hydrogen-bond acceptors (Lipinski definition) is 2. The van der Waals surface area contributed by atoms with Crippen molar-refractivity contribution in [2.24, 2.45) is 0 Å². The van der Waals surface area contributed by atoms with Crippen LogP contribution in [-0.4, -0.2) is 17.7 Å². The van der Waals surface area contributed by atoms with Crippen LogP contribution in [0.1, 0.15) is 29.0 Å². The SMILES string of the molecule is Cc1cccc(C)c1OCCC(C(=O)O)c1cccc(Cl)c1. The lowest BCUT2D eigenvalue weighted by atomic mass is 9.96. The van der Waals surface area contributed by atoms with Crippen LogP contribution >= 0.6 is 11.6 Å². The second-order valence-electron chi connectivity index (χ2n) is 5.30. The first-order valence-electron chi connectivity index (χ1n) is 7.16. The Hall–Kier alpha value is -2.00. The fourth-order valence-electron chi connectivity index (χ4n) is 2.46. The molecule has 0 spiro atoms. The summed E-state index contributed by atoms with van der Waals surface area (Å²) >= 11 is 5.94. The maximum absolute atomic E-state index is 11.5. The number of hydrogen-bond donors (Lipinski definition) is 1. The molecular weight excluding hydrogens is 300 g/mol. The van der Waals surface area contributed by atoms with Gasteiger partial charge in [-0.1, -0.05) is 41.9 Å². The maximum atomic E-state index is 11.5. The van der Waals surface area contributed by atoms with Crippen molar-refractivity contribution in [1.29, 1.82) is 0 Å². The summed E-state index contributed by atoms with van der Waals surface area (Å²) in [5, 5.41) is 9.97. The number of aryl methyl sites for hydroxylation is 2. The van der Waals surface area contributed by atoms with E-state index in [0.29, 0.717) is 23.6 Å². The molecule has 0 amide bonds. The highest BCUT2D eigenvalue weighted by molar-refractivity contribution is 6.30. The number of benzene rings is 2. The topological polar surface area (TPSA) is 46.5 Å². The highest BCUT2D eigenvalue weighted by Gasteiger charge is 2.20. The summed E-state index contributed by atoms with van der Waals surface area (Å²) in [6.45, 7) is 4.30. The fraction of sp³-hybridized carbons (Fsp3) is 0.278. The maximum Gasteiger partial charge on any atom is 0.311 e. The van der Waals surface area contributed by atoms with E-state index in [0.717, 1.165) is 16.9 Å². The van der Waals surface area contributed by atoms with Crippen molar-refractivity contribution in [3.05, 3.63) is 64.2 Å². The Morgan fingerprint density at radius 2 is 1.82 bits per heavy atom. The fourth-order valence-corrected chi connectivity index (χ4v) is 2.66. The van der Waals surface area contributed by atoms with Gasteiger partial charge in [0.05, 0.1) is 12.5 Å². The van der Waals surface area contributed by atoms with E-state index in [4.69, 9.17) is 16.3 Å². The van der Waals surface area contributed by atoms with Crippen LogP contribution in [0.3, 0.4) is 0 Å². The van der Waals surface area contributed by atoms with Crippen molar-refractivity contribution in [2.75, 3.05) is 6.61 Å². The van der Waals surface area contributed by atoms with Crippen molar-refractivity contribution in [2.45, 2.75) is 26.2 Å². The highest BCUT2D eigenvalue weighted by atomic mass is 35.5. The van der Waals surface area contributed by atoms with Gasteiger partial charge in [-0.3, -0.25) is 4.79 Å². The van der Waals surface area contributed by atoms with Gasteiger partial charge in [-0.05, 0) is 49.1 Å². The second kappa shape index (κ2) is 7.32. The van der Waals surface area contributed by atoms with Gasteiger partial charge in [0.25, 0.3) is 0 Å². The number of halogens is 1. The van der Waals surface area contributed by atoms with Crippen LogP contribution in [0, 0.1) is 13.8 Å². The van der Waals surface area contributed by atoms with E-state index in [1.807, 2.05) is 32.0 Å². The van der Waals surface area contributed by atoms with E-state index >= 15 is 0 Å². The second-order valence-corrected chi connectivity index (χ2v) is 5.74. The van der Waals surface area contributed by atoms with E-state index in [9.17, 15) is 9.90 Å². The Morgan fingerprint density at radius 1 is 1.18 bits per heavy atom. The average molecular weight is 319 g/mol. The van der Waals surface area contributed by atoms with Gasteiger partial charge in [-0.2, -0.15) is 0 Å². The van der Waals surface area contributed by atoms with Gasteiger partial charge in [-0.15, -0.1) is 0 Å². The van der Waals surface area contributed by atoms with Crippen LogP contribution in [0.2, 0.25) is 5.02 Å². The largest absolute Gasteiger partial charge is 0.493 e. The zero-order valence-electron chi connectivity index (χ0n) is 12.7. The first kappa shape index (κ1) is 16.4. The third-order valence-corrected chi connectivity index (χ3v) is 3.85. The van der Waals surface area contributed by atoms with E-state index in [-0.39, 0.29) is 0 Å². The third kappa shape index (κ3) is 4.01. The molecule has 2 aromatic rings. The van der Waals surface area contributed by atoms with Gasteiger partial charge in [0, 0.05) is 5.02 Å². The van der Waals surface area contributed by atoms with Gasteiger partial charge >= 0.3 is 5.97 Å². The van der Waals surface area contributed by atoms with E-state index in [1.165, 1.54) is 0 Å². The number of rotatable bonds is 6. The Morgan fingerprint density at radius 3 is 2.41 bits per heavy atom. The smallest absolute Gasteiger partial charge is 0.311 e. The summed E-state index contributed by atoms with van der Waals surface area (Å²) in [4.78, 5) is 11.5. The van der Waals surface area contributed by atoms with Crippen LogP contribution in [0.15, 0.2) is 42.5 Å². The quantitative estimate of drug-likeness (QED) is 0.847. The molecule has 2 aromatic carbocycles. The van der Waals surface area contributed by atoms with Gasteiger partial charge in [0.15, 0.2) is 0 Å². The van der Waals surface area contributed by atoms with Gasteiger partial charge in [0.1, 0.15) is 5.75 Å². The summed E-state index contributed by atoms with van der Waals surface area (Å²) in [6, 6.07) is 12.9. The molecule has 0 saturated carbocycles. The van der Waals surface area contributed by atoms with Gasteiger partial charge in [-0.25, -0.2) is 0 Å². The molecule has 0 bridgehead atoms. The molecule has 4 heteroatoms. The molecule has 1 N–H and O–H groups in total. The molecule has 1 atom stereocenters. The Labute approximate surface area is 135 Å². The number of carbonyl (C=O) groups is 1. The molecule has 3 nitrogen and oxygen atoms in total. The zero-order valence-corrected chi connectivity index (χ0v) is 13.4. The highest BCUT2D eigenvalue weighted by Crippen LogP contribution is 2.26. The standard InChI is InChI=1S/C18H19ClO3/c1-12-5-3-6-13(2)17(12)22-10-9-16(18(20)21)14-7-4-8-15(19)11-14/h3-8,11,16H,9-10H2,1-2H3,(H,20,21). The minimum absolute atomic E-state index is 0.342. The van der Waals surface area contributed by atoms with Gasteiger partial charge in [0.2, 0.25) is 0 Å². The van der Waals surface area contributed by atoms with Crippen LogP contribution in [0.25, 0.3) is 0 Å². The number of carboxylic acids is 1. The van der Waals surface area contributed by atoms with Crippen molar-refractivity contribution >= 4 is 17.6 Å². The summed E-state index contributed by atoms with van der Waals surface area (Å²) in [7, 11) is 0. The predicted octanol–water partition coefficient (Wildman–Crippen LogP) is 4.59. The minimum Gasteiger partial charge on any atom is -0.493 e. The van der Waals surface area contributed by atoms with Crippen molar-refractivity contribution in [3.63, 3.8) is 0 Å². The zero-order chi connectivity index (χ0) is 16.1. The van der Waals surface area contributed by atoms with E-state index in [2.05, 4.69) is 0 Å². The summed E-state index contributed by atoms with van der Waals surface area (Å²) in [5.74, 6) is -0.659. The molecular formula is C18H19ClO3. The lowest BCUT2D eigenvalue weighted by molar-refractivity contribution is -0.139. The summed E-state index contributed by atoms with van der Waals surface area (Å²) < 4.78 is 5.80. The van der Waals surface area contributed by atoms with Crippen LogP contribution in [0.4, 0.5) is 0 Å². The Kier molecular flexibility index (Phi) is 5.45. The number of carboxylic acid groups (broad SMARTS) is 1. The first-order valence-corrected chi connectivity index (χ1v) is 7.54. The molecule has 0 aliphatic heterocycles. The van der Waals surface area contributed by atoms with E-state index in [1.54, 1.807) is 24.3 Å². The molecule has 0 heterocycles. The lowest BCUT2D eigenvalue weighted by Crippen LogP contribution is -2.15. The predicted molar refractivity (Wildman–Crippen MR) is 87.9 cm³/mol. The molecule has 0 saturated heterocycles. The Balaban J connectivity index is 2.06. The summed E-state index contributed by atoms with van der Waals surface area (Å²) in [5.41, 5.74) is 2.80. The van der Waals surface area contributed by atoms with Crippen LogP contribution in [0.5, 0.6) is 5.75 Å². The molecule has 1 unspecified atom stereocenters. The van der Waals surface area contributed by atoms with Crippen molar-refractivity contribution < 1.29 is 14.6 Å². The van der Waals surface area contributed by atoms with Crippen LogP contribution in [-0.2, 0) is 4.79 Å². The number of ether oxygens (including phenoxy) is 1. The average Bonchev–Trinajstić information content (AvgIpc) is 2.45. The Bertz CT molecular complexity index is 647. The molecule has 0 aliphatic rings. The molecule has 116 valence electrons. The van der Waals surface area contributed by atoms with Crippen LogP contribution < -0.4 is 4.74 Å². The molecule has 0 aromatic heterocycles. The van der Waals surface area contributed by atoms with Crippen molar-refractivity contribution in [1.82, 2.24) is 0 Å². The third-order valence-electron chi connectivity index (χ3n) is 3.61. The summed E-state index contributed by atoms with van der Waals surface area (Å²) in [6.07, 6.45) is 0.392. The molecule has 0 aliphatic carbocycles. The number of para-hydroxylation sites is 1. The van der Waals surface area contributed by atoms with Gasteiger partial charge < -0.3 is 9.84 Å².